The van der Waals surface area contributed by atoms with Gasteiger partial charge in [-0.25, -0.2) is 4.98 Å². The standard InChI is InChI=1S/C21H30ClN5S.HI/c1-3-23-21(24-11-8-20-25-14-16(2)28-20)26-19-9-12-27(13-10-19)15-17-4-6-18(22)7-5-17;/h4-7,14,19H,3,8-13,15H2,1-2H3,(H2,23,24,26);1H. The van der Waals surface area contributed by atoms with Crippen LogP contribution in [0.2, 0.25) is 5.02 Å². The maximum atomic E-state index is 5.98. The van der Waals surface area contributed by atoms with E-state index in [1.807, 2.05) is 18.3 Å². The van der Waals surface area contributed by atoms with Gasteiger partial charge < -0.3 is 10.6 Å². The van der Waals surface area contributed by atoms with Gasteiger partial charge in [0, 0.05) is 61.3 Å². The van der Waals surface area contributed by atoms with Crippen LogP contribution < -0.4 is 10.6 Å². The highest BCUT2D eigenvalue weighted by atomic mass is 127. The number of aliphatic imine (C=N–C) groups is 1. The van der Waals surface area contributed by atoms with Gasteiger partial charge in [-0.2, -0.15) is 0 Å². The first kappa shape index (κ1) is 24.4. The lowest BCUT2D eigenvalue weighted by Gasteiger charge is -2.33. The number of guanidine groups is 1. The van der Waals surface area contributed by atoms with E-state index in [9.17, 15) is 0 Å². The molecule has 2 aromatic rings. The average Bonchev–Trinajstić information content (AvgIpc) is 3.10. The number of nitrogens with zero attached hydrogens (tertiary/aromatic N) is 3. The van der Waals surface area contributed by atoms with Crippen molar-refractivity contribution in [2.24, 2.45) is 4.99 Å². The summed E-state index contributed by atoms with van der Waals surface area (Å²) >= 11 is 7.73. The molecule has 3 rings (SSSR count). The van der Waals surface area contributed by atoms with Crippen molar-refractivity contribution in [2.45, 2.75) is 45.7 Å². The van der Waals surface area contributed by atoms with Crippen molar-refractivity contribution in [2.75, 3.05) is 26.2 Å². The summed E-state index contributed by atoms with van der Waals surface area (Å²) in [5.41, 5.74) is 1.32. The second-order valence-corrected chi connectivity index (χ2v) is 8.95. The van der Waals surface area contributed by atoms with E-state index >= 15 is 0 Å². The summed E-state index contributed by atoms with van der Waals surface area (Å²) in [5, 5.41) is 8.95. The molecule has 29 heavy (non-hydrogen) atoms. The minimum atomic E-state index is 0. The summed E-state index contributed by atoms with van der Waals surface area (Å²) in [6.07, 6.45) is 5.09. The van der Waals surface area contributed by atoms with Crippen LogP contribution in [0.5, 0.6) is 0 Å². The topological polar surface area (TPSA) is 52.6 Å². The van der Waals surface area contributed by atoms with Crippen LogP contribution >= 0.6 is 46.9 Å². The first-order chi connectivity index (χ1) is 13.6. The van der Waals surface area contributed by atoms with Crippen LogP contribution in [-0.4, -0.2) is 48.1 Å². The molecule has 0 aliphatic carbocycles. The number of aryl methyl sites for hydroxylation is 1. The molecular weight excluding hydrogens is 517 g/mol. The van der Waals surface area contributed by atoms with Crippen LogP contribution in [0, 0.1) is 6.92 Å². The summed E-state index contributed by atoms with van der Waals surface area (Å²) in [7, 11) is 0. The van der Waals surface area contributed by atoms with Crippen molar-refractivity contribution in [1.82, 2.24) is 20.5 Å². The molecule has 160 valence electrons. The number of rotatable bonds is 7. The second kappa shape index (κ2) is 12.7. The molecular formula is C21H31ClIN5S. The third-order valence-corrected chi connectivity index (χ3v) is 6.08. The first-order valence-corrected chi connectivity index (χ1v) is 11.2. The van der Waals surface area contributed by atoms with E-state index in [4.69, 9.17) is 16.6 Å². The summed E-state index contributed by atoms with van der Waals surface area (Å²) in [4.78, 5) is 12.9. The highest BCUT2D eigenvalue weighted by Gasteiger charge is 2.20. The van der Waals surface area contributed by atoms with Crippen molar-refractivity contribution < 1.29 is 0 Å². The minimum absolute atomic E-state index is 0. The number of halogens is 2. The van der Waals surface area contributed by atoms with Crippen LogP contribution in [0.15, 0.2) is 35.5 Å². The molecule has 0 amide bonds. The van der Waals surface area contributed by atoms with E-state index in [0.717, 1.165) is 68.0 Å². The molecule has 1 aromatic heterocycles. The fourth-order valence-electron chi connectivity index (χ4n) is 3.38. The highest BCUT2D eigenvalue weighted by molar-refractivity contribution is 14.0. The van der Waals surface area contributed by atoms with Gasteiger partial charge in [-0.1, -0.05) is 23.7 Å². The summed E-state index contributed by atoms with van der Waals surface area (Å²) in [5.74, 6) is 0.923. The van der Waals surface area contributed by atoms with Gasteiger partial charge in [0.1, 0.15) is 0 Å². The SMILES string of the molecule is CCNC(=NCCc1ncc(C)s1)NC1CCN(Cc2ccc(Cl)cc2)CC1.I. The van der Waals surface area contributed by atoms with Crippen molar-refractivity contribution in [3.63, 3.8) is 0 Å². The van der Waals surface area contributed by atoms with Crippen molar-refractivity contribution in [1.29, 1.82) is 0 Å². The van der Waals surface area contributed by atoms with Gasteiger partial charge >= 0.3 is 0 Å². The molecule has 0 radical (unpaired) electrons. The number of likely N-dealkylation sites (tertiary alicyclic amines) is 1. The fraction of sp³-hybridized carbons (Fsp3) is 0.524. The van der Waals surface area contributed by atoms with Crippen LogP contribution in [0.4, 0.5) is 0 Å². The van der Waals surface area contributed by atoms with Crippen LogP contribution in [0.25, 0.3) is 0 Å². The Morgan fingerprint density at radius 2 is 2.00 bits per heavy atom. The summed E-state index contributed by atoms with van der Waals surface area (Å²) < 4.78 is 0. The number of aromatic nitrogens is 1. The van der Waals surface area contributed by atoms with Gasteiger partial charge in [0.05, 0.1) is 5.01 Å². The van der Waals surface area contributed by atoms with Crippen LogP contribution in [0.3, 0.4) is 0 Å². The van der Waals surface area contributed by atoms with E-state index in [1.165, 1.54) is 10.4 Å². The number of hydrogen-bond donors (Lipinski definition) is 2. The Bertz CT molecular complexity index is 757. The third kappa shape index (κ3) is 8.39. The van der Waals surface area contributed by atoms with E-state index in [2.05, 4.69) is 46.5 Å². The molecule has 1 fully saturated rings. The number of thiazole rings is 1. The maximum Gasteiger partial charge on any atom is 0.191 e. The Morgan fingerprint density at radius 3 is 2.62 bits per heavy atom. The zero-order valence-corrected chi connectivity index (χ0v) is 21.1. The molecule has 0 bridgehead atoms. The molecule has 1 saturated heterocycles. The lowest BCUT2D eigenvalue weighted by molar-refractivity contribution is 0.198. The smallest absolute Gasteiger partial charge is 0.191 e. The van der Waals surface area contributed by atoms with E-state index in [-0.39, 0.29) is 24.0 Å². The Hall–Kier alpha value is -0.900. The predicted octanol–water partition coefficient (Wildman–Crippen LogP) is 4.49. The summed E-state index contributed by atoms with van der Waals surface area (Å²) in [6.45, 7) is 9.02. The maximum absolute atomic E-state index is 5.98. The van der Waals surface area contributed by atoms with Gasteiger partial charge in [0.25, 0.3) is 0 Å². The molecule has 0 spiro atoms. The Kier molecular flexibility index (Phi) is 10.7. The molecule has 1 aliphatic rings. The van der Waals surface area contributed by atoms with Gasteiger partial charge in [-0.3, -0.25) is 9.89 Å². The minimum Gasteiger partial charge on any atom is -0.357 e. The quantitative estimate of drug-likeness (QED) is 0.305. The fourth-order valence-corrected chi connectivity index (χ4v) is 4.28. The van der Waals surface area contributed by atoms with Crippen LogP contribution in [0.1, 0.15) is 35.2 Å². The van der Waals surface area contributed by atoms with E-state index in [0.29, 0.717) is 6.04 Å². The van der Waals surface area contributed by atoms with Crippen molar-refractivity contribution in [3.05, 3.63) is 50.9 Å². The normalized spacial score (nSPS) is 15.8. The average molecular weight is 548 g/mol. The van der Waals surface area contributed by atoms with Gasteiger partial charge in [0.2, 0.25) is 0 Å². The highest BCUT2D eigenvalue weighted by Crippen LogP contribution is 2.16. The second-order valence-electron chi connectivity index (χ2n) is 7.20. The van der Waals surface area contributed by atoms with Gasteiger partial charge in [0.15, 0.2) is 5.96 Å². The third-order valence-electron chi connectivity index (χ3n) is 4.86. The Labute approximate surface area is 200 Å². The largest absolute Gasteiger partial charge is 0.357 e. The molecule has 1 aliphatic heterocycles. The Morgan fingerprint density at radius 1 is 1.28 bits per heavy atom. The molecule has 5 nitrogen and oxygen atoms in total. The van der Waals surface area contributed by atoms with E-state index in [1.54, 1.807) is 11.3 Å². The van der Waals surface area contributed by atoms with Crippen molar-refractivity contribution in [3.8, 4) is 0 Å². The molecule has 8 heteroatoms. The molecule has 1 aromatic carbocycles. The summed E-state index contributed by atoms with van der Waals surface area (Å²) in [6, 6.07) is 8.65. The molecule has 0 unspecified atom stereocenters. The number of piperidine rings is 1. The molecule has 0 saturated carbocycles. The van der Waals surface area contributed by atoms with Gasteiger partial charge in [-0.15, -0.1) is 35.3 Å². The Balaban J connectivity index is 0.00000300. The zero-order chi connectivity index (χ0) is 19.8. The molecule has 0 atom stereocenters. The predicted molar refractivity (Wildman–Crippen MR) is 135 cm³/mol. The van der Waals surface area contributed by atoms with Crippen LogP contribution in [-0.2, 0) is 13.0 Å². The number of hydrogen-bond acceptors (Lipinski definition) is 4. The lowest BCUT2D eigenvalue weighted by Crippen LogP contribution is -2.48. The first-order valence-electron chi connectivity index (χ1n) is 10.1. The van der Waals surface area contributed by atoms with Crippen molar-refractivity contribution >= 4 is 52.9 Å². The number of nitrogens with one attached hydrogen (secondary N) is 2. The molecule has 2 N–H and O–H groups in total. The molecule has 2 heterocycles. The zero-order valence-electron chi connectivity index (χ0n) is 17.2. The van der Waals surface area contributed by atoms with Gasteiger partial charge in [-0.05, 0) is 44.4 Å². The van der Waals surface area contributed by atoms with E-state index < -0.39 is 0 Å². The lowest BCUT2D eigenvalue weighted by atomic mass is 10.0. The number of benzene rings is 1. The monoisotopic (exact) mass is 547 g/mol.